The molecular formula is C18H13BrFN5O. The number of H-pyrrole nitrogens is 1. The highest BCUT2D eigenvalue weighted by Gasteiger charge is 2.13. The van der Waals surface area contributed by atoms with E-state index in [0.29, 0.717) is 33.7 Å². The fourth-order valence-electron chi connectivity index (χ4n) is 2.61. The lowest BCUT2D eigenvalue weighted by Gasteiger charge is -2.11. The normalized spacial score (nSPS) is 11.0. The summed E-state index contributed by atoms with van der Waals surface area (Å²) in [5, 5.41) is 7.56. The number of pyridine rings is 1. The van der Waals surface area contributed by atoms with Crippen molar-refractivity contribution in [3.05, 3.63) is 81.1 Å². The molecule has 0 aliphatic heterocycles. The number of nitrogens with zero attached hydrogens (tertiary/aromatic N) is 3. The van der Waals surface area contributed by atoms with Crippen molar-refractivity contribution in [2.24, 2.45) is 0 Å². The Kier molecular flexibility index (Phi) is 4.26. The van der Waals surface area contributed by atoms with Crippen LogP contribution in [0, 0.1) is 5.82 Å². The first kappa shape index (κ1) is 16.5. The van der Waals surface area contributed by atoms with Gasteiger partial charge >= 0.3 is 0 Å². The van der Waals surface area contributed by atoms with Crippen LogP contribution in [0.3, 0.4) is 0 Å². The Bertz CT molecular complexity index is 1130. The lowest BCUT2D eigenvalue weighted by molar-refractivity contribution is 0.630. The van der Waals surface area contributed by atoms with E-state index < -0.39 is 0 Å². The van der Waals surface area contributed by atoms with E-state index in [9.17, 15) is 9.18 Å². The average molecular weight is 414 g/mol. The molecule has 0 aliphatic carbocycles. The van der Waals surface area contributed by atoms with Crippen molar-refractivity contribution in [1.82, 2.24) is 19.6 Å². The van der Waals surface area contributed by atoms with Gasteiger partial charge in [0.05, 0.1) is 16.4 Å². The second-order valence-electron chi connectivity index (χ2n) is 5.65. The highest BCUT2D eigenvalue weighted by atomic mass is 79.9. The quantitative estimate of drug-likeness (QED) is 0.535. The van der Waals surface area contributed by atoms with Gasteiger partial charge < -0.3 is 10.3 Å². The van der Waals surface area contributed by atoms with Gasteiger partial charge in [-0.05, 0) is 33.6 Å². The minimum absolute atomic E-state index is 0.155. The highest BCUT2D eigenvalue weighted by molar-refractivity contribution is 9.10. The zero-order valence-corrected chi connectivity index (χ0v) is 15.0. The number of aromatic nitrogens is 4. The summed E-state index contributed by atoms with van der Waals surface area (Å²) < 4.78 is 16.5. The minimum atomic E-state index is -0.341. The van der Waals surface area contributed by atoms with Gasteiger partial charge in [0.15, 0.2) is 5.65 Å². The summed E-state index contributed by atoms with van der Waals surface area (Å²) in [4.78, 5) is 18.3. The summed E-state index contributed by atoms with van der Waals surface area (Å²) in [6.45, 7) is 0.462. The van der Waals surface area contributed by atoms with Crippen LogP contribution in [0.5, 0.6) is 0 Å². The third-order valence-corrected chi connectivity index (χ3v) is 4.46. The molecule has 0 amide bonds. The zero-order chi connectivity index (χ0) is 18.1. The lowest BCUT2D eigenvalue weighted by Crippen LogP contribution is -2.09. The van der Waals surface area contributed by atoms with Crippen LogP contribution < -0.4 is 10.9 Å². The van der Waals surface area contributed by atoms with Crippen molar-refractivity contribution in [2.45, 2.75) is 6.54 Å². The van der Waals surface area contributed by atoms with E-state index in [1.807, 2.05) is 0 Å². The molecule has 0 unspecified atom stereocenters. The number of halogens is 2. The molecule has 0 atom stereocenters. The van der Waals surface area contributed by atoms with Gasteiger partial charge in [-0.3, -0.25) is 4.79 Å². The summed E-state index contributed by atoms with van der Waals surface area (Å²) in [5.41, 5.74) is 2.23. The first-order valence-electron chi connectivity index (χ1n) is 7.82. The molecule has 6 nitrogen and oxygen atoms in total. The van der Waals surface area contributed by atoms with Crippen molar-refractivity contribution >= 4 is 27.4 Å². The molecule has 0 saturated heterocycles. The maximum atomic E-state index is 14.2. The van der Waals surface area contributed by atoms with Crippen LogP contribution in [0.4, 0.5) is 10.2 Å². The van der Waals surface area contributed by atoms with E-state index in [2.05, 4.69) is 36.3 Å². The molecule has 0 fully saturated rings. The first-order chi connectivity index (χ1) is 12.6. The zero-order valence-electron chi connectivity index (χ0n) is 13.4. The van der Waals surface area contributed by atoms with Gasteiger partial charge in [0.2, 0.25) is 5.56 Å². The van der Waals surface area contributed by atoms with Crippen LogP contribution in [0.25, 0.3) is 16.9 Å². The number of nitrogens with one attached hydrogen (secondary N) is 2. The SMILES string of the molecule is O=c1ccc(CNc2cc(-c3ccccc3F)nc3c(Br)cnn23)c[nH]1. The van der Waals surface area contributed by atoms with Crippen LogP contribution in [-0.4, -0.2) is 19.6 Å². The van der Waals surface area contributed by atoms with Gasteiger partial charge in [-0.15, -0.1) is 0 Å². The first-order valence-corrected chi connectivity index (χ1v) is 8.62. The number of fused-ring (bicyclic) bond motifs is 1. The summed E-state index contributed by atoms with van der Waals surface area (Å²) in [5.74, 6) is 0.316. The molecule has 0 bridgehead atoms. The van der Waals surface area contributed by atoms with Gasteiger partial charge in [0.25, 0.3) is 0 Å². The average Bonchev–Trinajstić information content (AvgIpc) is 3.02. The van der Waals surface area contributed by atoms with E-state index in [4.69, 9.17) is 0 Å². The number of hydrogen-bond acceptors (Lipinski definition) is 4. The molecule has 4 rings (SSSR count). The van der Waals surface area contributed by atoms with Gasteiger partial charge in [-0.2, -0.15) is 9.61 Å². The van der Waals surface area contributed by atoms with E-state index in [1.165, 1.54) is 12.1 Å². The molecule has 3 heterocycles. The summed E-state index contributed by atoms with van der Waals surface area (Å²) >= 11 is 3.42. The van der Waals surface area contributed by atoms with Crippen molar-refractivity contribution in [3.63, 3.8) is 0 Å². The smallest absolute Gasteiger partial charge is 0.247 e. The van der Waals surface area contributed by atoms with Gasteiger partial charge in [0.1, 0.15) is 11.6 Å². The summed E-state index contributed by atoms with van der Waals surface area (Å²) in [6, 6.07) is 11.4. The van der Waals surface area contributed by atoms with Crippen molar-refractivity contribution in [1.29, 1.82) is 0 Å². The topological polar surface area (TPSA) is 75.1 Å². The van der Waals surface area contributed by atoms with Crippen LogP contribution in [0.15, 0.2) is 64.1 Å². The maximum Gasteiger partial charge on any atom is 0.247 e. The number of benzene rings is 1. The lowest BCUT2D eigenvalue weighted by atomic mass is 10.1. The number of aromatic amines is 1. The standard InChI is InChI=1S/C18H13BrFN5O/c19-13-10-23-25-16(21-8-11-5-6-17(26)22-9-11)7-15(24-18(13)25)12-3-1-2-4-14(12)20/h1-7,9-10,21H,8H2,(H,22,26). The molecule has 0 radical (unpaired) electrons. The van der Waals surface area contributed by atoms with E-state index in [1.54, 1.807) is 47.2 Å². The molecule has 3 aromatic heterocycles. The Labute approximate surface area is 155 Å². The van der Waals surface area contributed by atoms with Gasteiger partial charge in [-0.1, -0.05) is 18.2 Å². The highest BCUT2D eigenvalue weighted by Crippen LogP contribution is 2.27. The van der Waals surface area contributed by atoms with Crippen LogP contribution in [0.2, 0.25) is 0 Å². The predicted octanol–water partition coefficient (Wildman–Crippen LogP) is 3.60. The summed E-state index contributed by atoms with van der Waals surface area (Å²) in [7, 11) is 0. The third kappa shape index (κ3) is 3.11. The van der Waals surface area contributed by atoms with Crippen molar-refractivity contribution < 1.29 is 4.39 Å². The van der Waals surface area contributed by atoms with E-state index >= 15 is 0 Å². The Morgan fingerprint density at radius 1 is 1.23 bits per heavy atom. The Morgan fingerprint density at radius 3 is 2.85 bits per heavy atom. The minimum Gasteiger partial charge on any atom is -0.366 e. The molecule has 26 heavy (non-hydrogen) atoms. The molecule has 4 aromatic rings. The fourth-order valence-corrected chi connectivity index (χ4v) is 2.96. The molecular weight excluding hydrogens is 401 g/mol. The van der Waals surface area contributed by atoms with Gasteiger partial charge in [-0.25, -0.2) is 9.37 Å². The molecule has 8 heteroatoms. The summed E-state index contributed by atoms with van der Waals surface area (Å²) in [6.07, 6.45) is 3.28. The Hall–Kier alpha value is -3.00. The largest absolute Gasteiger partial charge is 0.366 e. The third-order valence-electron chi connectivity index (χ3n) is 3.90. The molecule has 2 N–H and O–H groups in total. The fraction of sp³-hybridized carbons (Fsp3) is 0.0556. The predicted molar refractivity (Wildman–Crippen MR) is 100 cm³/mol. The van der Waals surface area contributed by atoms with Crippen LogP contribution in [-0.2, 0) is 6.54 Å². The van der Waals surface area contributed by atoms with Crippen molar-refractivity contribution in [3.8, 4) is 11.3 Å². The molecule has 0 saturated carbocycles. The molecule has 0 spiro atoms. The maximum absolute atomic E-state index is 14.2. The monoisotopic (exact) mass is 413 g/mol. The molecule has 1 aromatic carbocycles. The van der Waals surface area contributed by atoms with Gasteiger partial charge in [0, 0.05) is 30.4 Å². The molecule has 0 aliphatic rings. The number of anilines is 1. The van der Waals surface area contributed by atoms with E-state index in [0.717, 1.165) is 5.56 Å². The number of rotatable bonds is 4. The van der Waals surface area contributed by atoms with Crippen LogP contribution in [0.1, 0.15) is 5.56 Å². The Balaban J connectivity index is 1.76. The second kappa shape index (κ2) is 6.72. The van der Waals surface area contributed by atoms with Crippen molar-refractivity contribution in [2.75, 3.05) is 5.32 Å². The number of hydrogen-bond donors (Lipinski definition) is 2. The van der Waals surface area contributed by atoms with E-state index in [-0.39, 0.29) is 11.4 Å². The Morgan fingerprint density at radius 2 is 2.08 bits per heavy atom. The second-order valence-corrected chi connectivity index (χ2v) is 6.50. The molecule has 130 valence electrons. The van der Waals surface area contributed by atoms with Crippen LogP contribution >= 0.6 is 15.9 Å².